The maximum atomic E-state index is 10.6. The van der Waals surface area contributed by atoms with Crippen molar-refractivity contribution in [2.75, 3.05) is 0 Å². The van der Waals surface area contributed by atoms with Crippen molar-refractivity contribution in [2.24, 2.45) is 17.8 Å². The summed E-state index contributed by atoms with van der Waals surface area (Å²) in [7, 11) is 0. The van der Waals surface area contributed by atoms with Gasteiger partial charge in [0.25, 0.3) is 0 Å². The summed E-state index contributed by atoms with van der Waals surface area (Å²) in [6.45, 7) is 3.77. The predicted molar refractivity (Wildman–Crippen MR) is 99.4 cm³/mol. The van der Waals surface area contributed by atoms with Crippen molar-refractivity contribution in [3.63, 3.8) is 0 Å². The fourth-order valence-corrected chi connectivity index (χ4v) is 4.10. The van der Waals surface area contributed by atoms with Gasteiger partial charge in [-0.05, 0) is 38.0 Å². The van der Waals surface area contributed by atoms with Gasteiger partial charge in [-0.1, -0.05) is 25.5 Å². The molecule has 7 atom stereocenters. The molecule has 0 bridgehead atoms. The van der Waals surface area contributed by atoms with E-state index in [1.54, 1.807) is 13.0 Å². The van der Waals surface area contributed by atoms with Crippen LogP contribution in [0.5, 0.6) is 0 Å². The molecule has 0 radical (unpaired) electrons. The Balaban J connectivity index is 1.83. The topological polar surface area (TPSA) is 87.0 Å². The second-order valence-corrected chi connectivity index (χ2v) is 7.70. The van der Waals surface area contributed by atoms with Crippen LogP contribution in [-0.4, -0.2) is 45.7 Å². The number of hydrogen-bond acceptors (Lipinski definition) is 4. The summed E-state index contributed by atoms with van der Waals surface area (Å²) in [6.07, 6.45) is 7.83. The highest BCUT2D eigenvalue weighted by Crippen LogP contribution is 2.45. The van der Waals surface area contributed by atoms with E-state index in [9.17, 15) is 15.0 Å². The number of aliphatic carboxylic acids is 1. The van der Waals surface area contributed by atoms with Gasteiger partial charge >= 0.3 is 5.97 Å². The smallest absolute Gasteiger partial charge is 0.303 e. The molecule has 26 heavy (non-hydrogen) atoms. The number of carboxylic acids is 1. The Morgan fingerprint density at radius 3 is 2.81 bits per heavy atom. The number of carbonyl (C=O) groups is 1. The van der Waals surface area contributed by atoms with Crippen LogP contribution in [0.1, 0.15) is 58.8 Å². The summed E-state index contributed by atoms with van der Waals surface area (Å²) in [5.41, 5.74) is 0. The first kappa shape index (κ1) is 21.0. The minimum Gasteiger partial charge on any atom is -0.481 e. The van der Waals surface area contributed by atoms with Gasteiger partial charge in [-0.3, -0.25) is 4.79 Å². The van der Waals surface area contributed by atoms with Gasteiger partial charge in [0.05, 0.1) is 24.4 Å². The standard InChI is InChI=1S/C21H32O5/c1-3-4-7-14(2)18(22)11-10-16-17-12-15(8-5-6-9-21(24)25)26-20(17)13-19(16)23/h10-11,14-20,22-23H,5-9,12-13H2,1-2H3,(H,24,25)/b11-10+/t14?,15-,16-,17-,18-,19-,20+/m1/s1. The van der Waals surface area contributed by atoms with Gasteiger partial charge in [0.15, 0.2) is 0 Å². The van der Waals surface area contributed by atoms with Gasteiger partial charge in [0, 0.05) is 25.2 Å². The molecule has 2 rings (SSSR count). The second-order valence-electron chi connectivity index (χ2n) is 7.70. The van der Waals surface area contributed by atoms with Crippen LogP contribution in [0.15, 0.2) is 12.2 Å². The summed E-state index contributed by atoms with van der Waals surface area (Å²) in [5, 5.41) is 29.3. The van der Waals surface area contributed by atoms with Crippen molar-refractivity contribution in [1.29, 1.82) is 0 Å². The SMILES string of the molecule is CC#CCC(C)[C@H](O)/C=C/[C@@H]1[C@H]2C[C@@H](CCCCC(=O)O)O[C@H]2C[C@H]1O. The molecule has 1 aliphatic carbocycles. The van der Waals surface area contributed by atoms with E-state index >= 15 is 0 Å². The number of unbranched alkanes of at least 4 members (excludes halogenated alkanes) is 1. The zero-order valence-electron chi connectivity index (χ0n) is 15.8. The number of aliphatic hydroxyl groups is 2. The first-order valence-electron chi connectivity index (χ1n) is 9.73. The lowest BCUT2D eigenvalue weighted by molar-refractivity contribution is -0.137. The van der Waals surface area contributed by atoms with Gasteiger partial charge in [0.2, 0.25) is 0 Å². The zero-order valence-corrected chi connectivity index (χ0v) is 15.8. The van der Waals surface area contributed by atoms with Crippen molar-refractivity contribution in [2.45, 2.75) is 83.2 Å². The lowest BCUT2D eigenvalue weighted by Crippen LogP contribution is -2.20. The summed E-state index contributed by atoms with van der Waals surface area (Å²) in [4.78, 5) is 10.6. The molecule has 0 spiro atoms. The largest absolute Gasteiger partial charge is 0.481 e. The van der Waals surface area contributed by atoms with Crippen molar-refractivity contribution in [1.82, 2.24) is 0 Å². The van der Waals surface area contributed by atoms with E-state index in [1.165, 1.54) is 0 Å². The quantitative estimate of drug-likeness (QED) is 0.333. The van der Waals surface area contributed by atoms with Crippen LogP contribution in [0.3, 0.4) is 0 Å². The third-order valence-electron chi connectivity index (χ3n) is 5.67. The van der Waals surface area contributed by atoms with Crippen LogP contribution in [0.4, 0.5) is 0 Å². The lowest BCUT2D eigenvalue weighted by Gasteiger charge is -2.19. The molecule has 0 amide bonds. The highest BCUT2D eigenvalue weighted by molar-refractivity contribution is 5.66. The zero-order chi connectivity index (χ0) is 19.1. The Hall–Kier alpha value is -1.35. The van der Waals surface area contributed by atoms with Crippen LogP contribution in [-0.2, 0) is 9.53 Å². The van der Waals surface area contributed by atoms with E-state index in [1.807, 2.05) is 13.0 Å². The number of hydrogen-bond donors (Lipinski definition) is 3. The van der Waals surface area contributed by atoms with E-state index in [0.29, 0.717) is 19.3 Å². The van der Waals surface area contributed by atoms with Crippen LogP contribution >= 0.6 is 0 Å². The molecule has 2 fully saturated rings. The molecule has 1 saturated heterocycles. The molecule has 5 nitrogen and oxygen atoms in total. The minimum atomic E-state index is -0.750. The molecule has 5 heteroatoms. The minimum absolute atomic E-state index is 0.0168. The normalized spacial score (nSPS) is 32.8. The van der Waals surface area contributed by atoms with E-state index in [0.717, 1.165) is 19.3 Å². The van der Waals surface area contributed by atoms with Gasteiger partial charge in [-0.2, -0.15) is 0 Å². The highest BCUT2D eigenvalue weighted by Gasteiger charge is 2.47. The Morgan fingerprint density at radius 2 is 2.12 bits per heavy atom. The average molecular weight is 364 g/mol. The number of rotatable bonds is 9. The summed E-state index contributed by atoms with van der Waals surface area (Å²) >= 11 is 0. The van der Waals surface area contributed by atoms with Crippen molar-refractivity contribution in [3.05, 3.63) is 12.2 Å². The van der Waals surface area contributed by atoms with Crippen molar-refractivity contribution < 1.29 is 24.9 Å². The monoisotopic (exact) mass is 364 g/mol. The maximum absolute atomic E-state index is 10.6. The molecule has 1 heterocycles. The number of carboxylic acid groups (broad SMARTS) is 1. The molecule has 1 aliphatic heterocycles. The Bertz CT molecular complexity index is 546. The third-order valence-corrected chi connectivity index (χ3v) is 5.67. The van der Waals surface area contributed by atoms with Gasteiger partial charge in [0.1, 0.15) is 0 Å². The van der Waals surface area contributed by atoms with Crippen LogP contribution in [0, 0.1) is 29.6 Å². The molecule has 1 unspecified atom stereocenters. The molecular formula is C21H32O5. The van der Waals surface area contributed by atoms with E-state index < -0.39 is 18.2 Å². The molecule has 0 aromatic rings. The van der Waals surface area contributed by atoms with Gasteiger partial charge < -0.3 is 20.1 Å². The van der Waals surface area contributed by atoms with E-state index in [-0.39, 0.29) is 36.4 Å². The number of aliphatic hydroxyl groups excluding tert-OH is 2. The van der Waals surface area contributed by atoms with Crippen LogP contribution in [0.25, 0.3) is 0 Å². The maximum Gasteiger partial charge on any atom is 0.303 e. The van der Waals surface area contributed by atoms with Crippen LogP contribution in [0.2, 0.25) is 0 Å². The number of fused-ring (bicyclic) bond motifs is 1. The lowest BCUT2D eigenvalue weighted by atomic mass is 9.88. The fourth-order valence-electron chi connectivity index (χ4n) is 4.10. The Morgan fingerprint density at radius 1 is 1.35 bits per heavy atom. The molecule has 0 aromatic heterocycles. The summed E-state index contributed by atoms with van der Waals surface area (Å²) < 4.78 is 6.08. The molecule has 146 valence electrons. The molecular weight excluding hydrogens is 332 g/mol. The Labute approximate surface area is 156 Å². The van der Waals surface area contributed by atoms with E-state index in [2.05, 4.69) is 11.8 Å². The number of ether oxygens (including phenoxy) is 1. The van der Waals surface area contributed by atoms with E-state index in [4.69, 9.17) is 9.84 Å². The first-order valence-corrected chi connectivity index (χ1v) is 9.73. The first-order chi connectivity index (χ1) is 12.4. The van der Waals surface area contributed by atoms with Gasteiger partial charge in [-0.25, -0.2) is 0 Å². The highest BCUT2D eigenvalue weighted by atomic mass is 16.5. The summed E-state index contributed by atoms with van der Waals surface area (Å²) in [5.74, 6) is 5.45. The average Bonchev–Trinajstić information content (AvgIpc) is 3.10. The third kappa shape index (κ3) is 5.84. The molecule has 2 aliphatic rings. The van der Waals surface area contributed by atoms with Crippen molar-refractivity contribution in [3.8, 4) is 11.8 Å². The van der Waals surface area contributed by atoms with Crippen molar-refractivity contribution >= 4 is 5.97 Å². The second kappa shape index (κ2) is 10.1. The fraction of sp³-hybridized carbons (Fsp3) is 0.762. The Kier molecular flexibility index (Phi) is 8.15. The summed E-state index contributed by atoms with van der Waals surface area (Å²) in [6, 6.07) is 0. The molecule has 1 saturated carbocycles. The predicted octanol–water partition coefficient (Wildman–Crippen LogP) is 2.75. The molecule has 0 aromatic carbocycles. The van der Waals surface area contributed by atoms with Gasteiger partial charge in [-0.15, -0.1) is 11.8 Å². The molecule has 3 N–H and O–H groups in total. The van der Waals surface area contributed by atoms with Crippen LogP contribution < -0.4 is 0 Å².